The van der Waals surface area contributed by atoms with Gasteiger partial charge in [0.2, 0.25) is 18.1 Å². The Morgan fingerprint density at radius 1 is 1.14 bits per heavy atom. The molecule has 3 aromatic rings. The number of primary amides is 1. The number of nitrogens with zero attached hydrogens (tertiary/aromatic N) is 4. The first-order chi connectivity index (χ1) is 21.3. The number of aromatic nitrogens is 2. The van der Waals surface area contributed by atoms with E-state index in [-0.39, 0.29) is 31.3 Å². The van der Waals surface area contributed by atoms with E-state index in [0.29, 0.717) is 41.7 Å². The Bertz CT molecular complexity index is 1630. The summed E-state index contributed by atoms with van der Waals surface area (Å²) in [5.74, 6) is 0.640. The van der Waals surface area contributed by atoms with E-state index in [0.717, 1.165) is 16.9 Å². The Hall–Kier alpha value is -5.00. The second-order valence-electron chi connectivity index (χ2n) is 11.3. The van der Waals surface area contributed by atoms with E-state index in [9.17, 15) is 19.2 Å². The lowest BCUT2D eigenvalue weighted by atomic mass is 10.1. The lowest BCUT2D eigenvalue weighted by Gasteiger charge is -2.29. The minimum absolute atomic E-state index is 0.00977. The smallest absolute Gasteiger partial charge is 0.328 e. The number of imide groups is 1. The van der Waals surface area contributed by atoms with E-state index >= 15 is 0 Å². The van der Waals surface area contributed by atoms with E-state index in [2.05, 4.69) is 5.32 Å². The molecule has 12 nitrogen and oxygen atoms in total. The molecule has 1 saturated heterocycles. The van der Waals surface area contributed by atoms with Crippen molar-refractivity contribution in [1.29, 1.82) is 0 Å². The predicted molar refractivity (Wildman–Crippen MR) is 160 cm³/mol. The average molecular weight is 598 g/mol. The number of hydrogen-bond acceptors (Lipinski definition) is 8. The van der Waals surface area contributed by atoms with Crippen LogP contribution in [0.2, 0.25) is 0 Å². The zero-order chi connectivity index (χ0) is 30.8. The highest BCUT2D eigenvalue weighted by Crippen LogP contribution is 2.43. The summed E-state index contributed by atoms with van der Waals surface area (Å²) in [6.45, 7) is 0.108. The number of benzene rings is 2. The molecular weight excluding hydrogens is 564 g/mol. The zero-order valence-corrected chi connectivity index (χ0v) is 24.3. The van der Waals surface area contributed by atoms with Crippen molar-refractivity contribution in [3.05, 3.63) is 60.7 Å². The van der Waals surface area contributed by atoms with Crippen molar-refractivity contribution in [2.24, 2.45) is 11.7 Å². The van der Waals surface area contributed by atoms with E-state index in [4.69, 9.17) is 25.2 Å². The van der Waals surface area contributed by atoms with Crippen LogP contribution >= 0.6 is 0 Å². The van der Waals surface area contributed by atoms with Crippen LogP contribution < -0.4 is 20.5 Å². The number of methoxy groups -OCH3 is 1. The normalized spacial score (nSPS) is 26.2. The minimum atomic E-state index is -1.14. The second kappa shape index (κ2) is 11.9. The molecule has 3 heterocycles. The summed E-state index contributed by atoms with van der Waals surface area (Å²) in [6, 6.07) is 12.2. The summed E-state index contributed by atoms with van der Waals surface area (Å²) >= 11 is 0. The first-order valence-corrected chi connectivity index (χ1v) is 14.7. The molecule has 44 heavy (non-hydrogen) atoms. The number of rotatable bonds is 5. The molecule has 227 valence electrons. The minimum Gasteiger partial charge on any atom is -0.497 e. The van der Waals surface area contributed by atoms with Crippen LogP contribution in [-0.4, -0.2) is 81.9 Å². The number of nitrogens with one attached hydrogen (secondary N) is 1. The first kappa shape index (κ1) is 29.1. The Morgan fingerprint density at radius 2 is 1.95 bits per heavy atom. The molecule has 6 rings (SSSR count). The van der Waals surface area contributed by atoms with Crippen molar-refractivity contribution in [2.75, 3.05) is 20.2 Å². The van der Waals surface area contributed by atoms with Crippen LogP contribution in [0.1, 0.15) is 32.1 Å². The average Bonchev–Trinajstić information content (AvgIpc) is 3.54. The van der Waals surface area contributed by atoms with Crippen LogP contribution in [0.25, 0.3) is 22.3 Å². The Balaban J connectivity index is 1.34. The van der Waals surface area contributed by atoms with E-state index in [1.165, 1.54) is 4.90 Å². The van der Waals surface area contributed by atoms with Gasteiger partial charge in [-0.25, -0.2) is 19.5 Å². The third-order valence-corrected chi connectivity index (χ3v) is 8.40. The SMILES string of the molecule is COc1ccc2c(OC3CC4C(=O)NC5([C]=O)CC5/C=C/CCCCN(C(N)=O)C(=O)N4C3)nc(-c3ccccc3)nc2c1. The molecule has 0 spiro atoms. The fourth-order valence-corrected chi connectivity index (χ4v) is 5.87. The monoisotopic (exact) mass is 597 g/mol. The van der Waals surface area contributed by atoms with Crippen LogP contribution in [0.3, 0.4) is 0 Å². The van der Waals surface area contributed by atoms with Gasteiger partial charge in [-0.15, -0.1) is 0 Å². The predicted octanol–water partition coefficient (Wildman–Crippen LogP) is 3.35. The van der Waals surface area contributed by atoms with Gasteiger partial charge in [0.25, 0.3) is 0 Å². The molecule has 3 N–H and O–H groups in total. The van der Waals surface area contributed by atoms with Gasteiger partial charge in [-0.2, -0.15) is 4.98 Å². The topological polar surface area (TPSA) is 157 Å². The lowest BCUT2D eigenvalue weighted by Crippen LogP contribution is -2.55. The van der Waals surface area contributed by atoms with Gasteiger partial charge in [0.1, 0.15) is 23.4 Å². The van der Waals surface area contributed by atoms with Gasteiger partial charge in [-0.3, -0.25) is 9.59 Å². The van der Waals surface area contributed by atoms with Gasteiger partial charge in [0, 0.05) is 30.5 Å². The summed E-state index contributed by atoms with van der Waals surface area (Å²) in [7, 11) is 1.57. The lowest BCUT2D eigenvalue weighted by molar-refractivity contribution is -0.125. The maximum atomic E-state index is 13.7. The fourth-order valence-electron chi connectivity index (χ4n) is 5.87. The Kier molecular flexibility index (Phi) is 7.90. The molecule has 1 aliphatic carbocycles. The van der Waals surface area contributed by atoms with Crippen LogP contribution in [0.5, 0.6) is 11.6 Å². The van der Waals surface area contributed by atoms with Crippen molar-refractivity contribution in [1.82, 2.24) is 25.1 Å². The molecule has 2 aromatic carbocycles. The molecule has 4 atom stereocenters. The third kappa shape index (κ3) is 5.67. The van der Waals surface area contributed by atoms with Crippen LogP contribution in [0.4, 0.5) is 9.59 Å². The third-order valence-electron chi connectivity index (χ3n) is 8.40. The molecule has 3 aliphatic rings. The van der Waals surface area contributed by atoms with Crippen molar-refractivity contribution in [3.63, 3.8) is 0 Å². The molecule has 1 saturated carbocycles. The molecule has 12 heteroatoms. The summed E-state index contributed by atoms with van der Waals surface area (Å²) in [6.07, 6.45) is 7.70. The molecule has 4 unspecified atom stereocenters. The maximum absolute atomic E-state index is 13.7. The van der Waals surface area contributed by atoms with Crippen molar-refractivity contribution in [2.45, 2.75) is 49.8 Å². The van der Waals surface area contributed by atoms with Gasteiger partial charge in [0.05, 0.1) is 24.6 Å². The van der Waals surface area contributed by atoms with Gasteiger partial charge < -0.3 is 25.4 Å². The van der Waals surface area contributed by atoms with Crippen molar-refractivity contribution in [3.8, 4) is 23.0 Å². The summed E-state index contributed by atoms with van der Waals surface area (Å²) in [5.41, 5.74) is 5.85. The van der Waals surface area contributed by atoms with E-state index in [1.807, 2.05) is 48.8 Å². The number of hydrogen-bond donors (Lipinski definition) is 2. The second-order valence-corrected chi connectivity index (χ2v) is 11.3. The molecular formula is C32H33N6O6. The van der Waals surface area contributed by atoms with Crippen LogP contribution in [-0.2, 0) is 9.59 Å². The van der Waals surface area contributed by atoms with Crippen LogP contribution in [0.15, 0.2) is 60.7 Å². The van der Waals surface area contributed by atoms with Gasteiger partial charge in [0.15, 0.2) is 5.82 Å². The number of urea groups is 2. The van der Waals surface area contributed by atoms with Crippen molar-refractivity contribution >= 4 is 35.2 Å². The zero-order valence-electron chi connectivity index (χ0n) is 24.3. The number of carbonyl (C=O) groups excluding carboxylic acids is 4. The van der Waals surface area contributed by atoms with Gasteiger partial charge in [-0.1, -0.05) is 42.5 Å². The highest BCUT2D eigenvalue weighted by Gasteiger charge is 2.56. The number of allylic oxidation sites excluding steroid dienone is 1. The number of nitrogens with two attached hydrogens (primary N) is 1. The molecule has 0 bridgehead atoms. The number of ether oxygens (including phenoxy) is 2. The van der Waals surface area contributed by atoms with Crippen LogP contribution in [0, 0.1) is 5.92 Å². The maximum Gasteiger partial charge on any atom is 0.328 e. The Morgan fingerprint density at radius 3 is 2.70 bits per heavy atom. The Labute approximate surface area is 254 Å². The number of carbonyl (C=O) groups is 3. The largest absolute Gasteiger partial charge is 0.497 e. The number of amides is 5. The highest BCUT2D eigenvalue weighted by atomic mass is 16.5. The highest BCUT2D eigenvalue weighted by molar-refractivity contribution is 5.97. The quantitative estimate of drug-likeness (QED) is 0.424. The van der Waals surface area contributed by atoms with E-state index in [1.54, 1.807) is 25.3 Å². The fraction of sp³-hybridized carbons (Fsp3) is 0.375. The van der Waals surface area contributed by atoms with Crippen molar-refractivity contribution < 1.29 is 28.7 Å². The number of fused-ring (bicyclic) bond motifs is 3. The molecule has 2 fully saturated rings. The van der Waals surface area contributed by atoms with Gasteiger partial charge >= 0.3 is 12.1 Å². The standard InChI is InChI=1S/C32H33N6O6/c1-43-22-12-13-24-25(15-22)34-27(20-9-5-4-6-10-20)35-29(24)44-23-16-26-28(40)36-32(19-39)17-21(32)11-7-2-3-8-14-37(30(33)41)31(42)38(26)18-23/h4-7,9-13,15,21,23,26H,2-3,8,14,16-18H2,1H3,(H2,33,41)(H,36,40)/b11-7+. The molecule has 1 aromatic heterocycles. The van der Waals surface area contributed by atoms with Gasteiger partial charge in [-0.05, 0) is 37.8 Å². The van der Waals surface area contributed by atoms with E-state index < -0.39 is 35.7 Å². The molecule has 5 amide bonds. The molecule has 2 aliphatic heterocycles. The first-order valence-electron chi connectivity index (χ1n) is 14.7. The molecule has 1 radical (unpaired) electrons. The summed E-state index contributed by atoms with van der Waals surface area (Å²) in [4.78, 5) is 63.4. The summed E-state index contributed by atoms with van der Waals surface area (Å²) < 4.78 is 11.8. The summed E-state index contributed by atoms with van der Waals surface area (Å²) in [5, 5.41) is 3.45.